The number of urea groups is 1. The summed E-state index contributed by atoms with van der Waals surface area (Å²) in [5.41, 5.74) is 0.933. The average Bonchev–Trinajstić information content (AvgIpc) is 3.12. The van der Waals surface area contributed by atoms with Gasteiger partial charge in [-0.05, 0) is 25.0 Å². The first-order valence-corrected chi connectivity index (χ1v) is 7.30. The fourth-order valence-electron chi connectivity index (χ4n) is 2.58. The number of pyridine rings is 1. The van der Waals surface area contributed by atoms with E-state index in [0.29, 0.717) is 18.4 Å². The summed E-state index contributed by atoms with van der Waals surface area (Å²) < 4.78 is 1.76. The summed E-state index contributed by atoms with van der Waals surface area (Å²) in [4.78, 5) is 16.1. The highest BCUT2D eigenvalue weighted by atomic mass is 16.2. The largest absolute Gasteiger partial charge is 0.335 e. The van der Waals surface area contributed by atoms with Gasteiger partial charge in [0, 0.05) is 24.5 Å². The molecule has 0 spiro atoms. The van der Waals surface area contributed by atoms with Crippen LogP contribution in [-0.2, 0) is 6.54 Å². The van der Waals surface area contributed by atoms with Crippen molar-refractivity contribution in [1.29, 1.82) is 0 Å². The average molecular weight is 285 g/mol. The molecule has 110 valence electrons. The number of carbonyl (C=O) groups excluding carboxylic acids is 1. The monoisotopic (exact) mass is 285 g/mol. The minimum absolute atomic E-state index is 0.176. The third kappa shape index (κ3) is 3.81. The van der Waals surface area contributed by atoms with Gasteiger partial charge in [0.1, 0.15) is 0 Å². The van der Waals surface area contributed by atoms with E-state index in [1.165, 1.54) is 12.8 Å². The lowest BCUT2D eigenvalue weighted by molar-refractivity contribution is 0.248. The molecule has 2 heterocycles. The Kier molecular flexibility index (Phi) is 4.14. The summed E-state index contributed by atoms with van der Waals surface area (Å²) in [5.74, 6) is 0.557. The molecule has 1 fully saturated rings. The molecule has 2 aromatic heterocycles. The number of hydrogen-bond donors (Lipinski definition) is 2. The smallest absolute Gasteiger partial charge is 0.320 e. The maximum absolute atomic E-state index is 11.9. The molecule has 6 heteroatoms. The van der Waals surface area contributed by atoms with E-state index in [0.717, 1.165) is 18.5 Å². The van der Waals surface area contributed by atoms with Crippen LogP contribution in [0.3, 0.4) is 0 Å². The van der Waals surface area contributed by atoms with E-state index in [9.17, 15) is 4.79 Å². The SMILES string of the molecule is O=C(Nc1ccn(Cc2ccccn2)n1)NC1CCCC1. The molecule has 2 amide bonds. The van der Waals surface area contributed by atoms with E-state index in [4.69, 9.17) is 0 Å². The van der Waals surface area contributed by atoms with E-state index in [2.05, 4.69) is 20.7 Å². The van der Waals surface area contributed by atoms with Crippen molar-refractivity contribution in [2.45, 2.75) is 38.3 Å². The van der Waals surface area contributed by atoms with E-state index in [-0.39, 0.29) is 6.03 Å². The van der Waals surface area contributed by atoms with Crippen LogP contribution in [0.4, 0.5) is 10.6 Å². The Morgan fingerprint density at radius 3 is 2.90 bits per heavy atom. The molecule has 2 N–H and O–H groups in total. The molecular weight excluding hydrogens is 266 g/mol. The van der Waals surface area contributed by atoms with Gasteiger partial charge in [-0.25, -0.2) is 4.79 Å². The molecular formula is C15H19N5O. The molecule has 0 radical (unpaired) electrons. The van der Waals surface area contributed by atoms with Crippen LogP contribution in [0.5, 0.6) is 0 Å². The number of rotatable bonds is 4. The second-order valence-corrected chi connectivity index (χ2v) is 5.30. The van der Waals surface area contributed by atoms with Crippen molar-refractivity contribution in [2.24, 2.45) is 0 Å². The molecule has 21 heavy (non-hydrogen) atoms. The lowest BCUT2D eigenvalue weighted by Gasteiger charge is -2.11. The van der Waals surface area contributed by atoms with E-state index >= 15 is 0 Å². The van der Waals surface area contributed by atoms with Crippen molar-refractivity contribution in [3.05, 3.63) is 42.4 Å². The van der Waals surface area contributed by atoms with Crippen LogP contribution < -0.4 is 10.6 Å². The molecule has 6 nitrogen and oxygen atoms in total. The van der Waals surface area contributed by atoms with Crippen LogP contribution in [-0.4, -0.2) is 26.8 Å². The molecule has 0 aromatic carbocycles. The van der Waals surface area contributed by atoms with E-state index in [1.807, 2.05) is 24.4 Å². The number of nitrogens with one attached hydrogen (secondary N) is 2. The summed E-state index contributed by atoms with van der Waals surface area (Å²) in [6.45, 7) is 0.590. The molecule has 0 bridgehead atoms. The summed E-state index contributed by atoms with van der Waals surface area (Å²) in [7, 11) is 0. The molecule has 0 saturated heterocycles. The Bertz CT molecular complexity index is 589. The Morgan fingerprint density at radius 1 is 1.29 bits per heavy atom. The summed E-state index contributed by atoms with van der Waals surface area (Å²) in [5, 5.41) is 10.1. The highest BCUT2D eigenvalue weighted by Gasteiger charge is 2.17. The van der Waals surface area contributed by atoms with Gasteiger partial charge in [0.05, 0.1) is 12.2 Å². The zero-order chi connectivity index (χ0) is 14.5. The second kappa shape index (κ2) is 6.39. The van der Waals surface area contributed by atoms with Crippen LogP contribution in [0, 0.1) is 0 Å². The van der Waals surface area contributed by atoms with Gasteiger partial charge in [-0.1, -0.05) is 18.9 Å². The van der Waals surface area contributed by atoms with Gasteiger partial charge in [0.2, 0.25) is 0 Å². The Balaban J connectivity index is 1.53. The summed E-state index contributed by atoms with van der Waals surface area (Å²) >= 11 is 0. The normalized spacial score (nSPS) is 15.0. The van der Waals surface area contributed by atoms with Gasteiger partial charge in [-0.15, -0.1) is 0 Å². The summed E-state index contributed by atoms with van der Waals surface area (Å²) in [6.07, 6.45) is 8.13. The standard InChI is InChI=1S/C15H19N5O/c21-15(17-12-5-1-2-6-12)18-14-8-10-20(19-14)11-13-7-3-4-9-16-13/h3-4,7-10,12H,1-2,5-6,11H2,(H2,17,18,19,21). The maximum Gasteiger partial charge on any atom is 0.320 e. The number of anilines is 1. The molecule has 0 atom stereocenters. The third-order valence-corrected chi connectivity index (χ3v) is 3.62. The van der Waals surface area contributed by atoms with E-state index < -0.39 is 0 Å². The maximum atomic E-state index is 11.9. The van der Waals surface area contributed by atoms with Crippen LogP contribution in [0.1, 0.15) is 31.4 Å². The van der Waals surface area contributed by atoms with Gasteiger partial charge >= 0.3 is 6.03 Å². The van der Waals surface area contributed by atoms with Crippen molar-refractivity contribution in [2.75, 3.05) is 5.32 Å². The molecule has 3 rings (SSSR count). The molecule has 1 aliphatic rings. The van der Waals surface area contributed by atoms with Crippen molar-refractivity contribution in [3.8, 4) is 0 Å². The first kappa shape index (κ1) is 13.6. The third-order valence-electron chi connectivity index (χ3n) is 3.62. The predicted molar refractivity (Wildman–Crippen MR) is 80.0 cm³/mol. The van der Waals surface area contributed by atoms with Crippen LogP contribution in [0.15, 0.2) is 36.7 Å². The minimum atomic E-state index is -0.176. The Labute approximate surface area is 123 Å². The Hall–Kier alpha value is -2.37. The first-order chi connectivity index (χ1) is 10.3. The predicted octanol–water partition coefficient (Wildman–Crippen LogP) is 2.39. The number of hydrogen-bond acceptors (Lipinski definition) is 3. The quantitative estimate of drug-likeness (QED) is 0.906. The molecule has 1 saturated carbocycles. The van der Waals surface area contributed by atoms with Gasteiger partial charge < -0.3 is 5.32 Å². The van der Waals surface area contributed by atoms with Crippen LogP contribution in [0.25, 0.3) is 0 Å². The number of carbonyl (C=O) groups is 1. The Morgan fingerprint density at radius 2 is 2.14 bits per heavy atom. The van der Waals surface area contributed by atoms with Gasteiger partial charge in [-0.3, -0.25) is 15.0 Å². The molecule has 0 unspecified atom stereocenters. The number of nitrogens with zero attached hydrogens (tertiary/aromatic N) is 3. The lowest BCUT2D eigenvalue weighted by Crippen LogP contribution is -2.36. The van der Waals surface area contributed by atoms with Gasteiger partial charge in [-0.2, -0.15) is 5.10 Å². The van der Waals surface area contributed by atoms with Crippen molar-refractivity contribution < 1.29 is 4.79 Å². The van der Waals surface area contributed by atoms with Crippen molar-refractivity contribution in [1.82, 2.24) is 20.1 Å². The molecule has 0 aliphatic heterocycles. The highest BCUT2D eigenvalue weighted by molar-refractivity contribution is 5.88. The summed E-state index contributed by atoms with van der Waals surface area (Å²) in [6, 6.07) is 7.69. The van der Waals surface area contributed by atoms with Gasteiger partial charge in [0.15, 0.2) is 5.82 Å². The topological polar surface area (TPSA) is 71.8 Å². The van der Waals surface area contributed by atoms with E-state index in [1.54, 1.807) is 16.9 Å². The zero-order valence-corrected chi connectivity index (χ0v) is 11.8. The van der Waals surface area contributed by atoms with Crippen molar-refractivity contribution >= 4 is 11.8 Å². The minimum Gasteiger partial charge on any atom is -0.335 e. The lowest BCUT2D eigenvalue weighted by atomic mass is 10.3. The number of amides is 2. The number of aromatic nitrogens is 3. The van der Waals surface area contributed by atoms with Gasteiger partial charge in [0.25, 0.3) is 0 Å². The fourth-order valence-corrected chi connectivity index (χ4v) is 2.58. The zero-order valence-electron chi connectivity index (χ0n) is 11.8. The molecule has 2 aromatic rings. The van der Waals surface area contributed by atoms with Crippen LogP contribution in [0.2, 0.25) is 0 Å². The first-order valence-electron chi connectivity index (χ1n) is 7.30. The molecule has 1 aliphatic carbocycles. The fraction of sp³-hybridized carbons (Fsp3) is 0.400. The second-order valence-electron chi connectivity index (χ2n) is 5.30. The van der Waals surface area contributed by atoms with Crippen molar-refractivity contribution in [3.63, 3.8) is 0 Å². The highest BCUT2D eigenvalue weighted by Crippen LogP contribution is 2.17. The van der Waals surface area contributed by atoms with Crippen LogP contribution >= 0.6 is 0 Å².